The van der Waals surface area contributed by atoms with Gasteiger partial charge in [0, 0.05) is 31.5 Å². The zero-order valence-corrected chi connectivity index (χ0v) is 9.00. The first kappa shape index (κ1) is 11.0. The Bertz CT molecular complexity index is 411. The number of terminal acetylenes is 1. The SMILES string of the molecule is C#CCCNCC1Cc2cc(F)ccc2O1. The highest BCUT2D eigenvalue weighted by molar-refractivity contribution is 5.37. The fourth-order valence-corrected chi connectivity index (χ4v) is 1.83. The molecule has 1 aliphatic rings. The van der Waals surface area contributed by atoms with E-state index in [-0.39, 0.29) is 11.9 Å². The topological polar surface area (TPSA) is 21.3 Å². The van der Waals surface area contributed by atoms with Crippen LogP contribution in [0.15, 0.2) is 18.2 Å². The number of hydrogen-bond donors (Lipinski definition) is 1. The molecule has 1 atom stereocenters. The number of halogens is 1. The molecule has 0 fully saturated rings. The summed E-state index contributed by atoms with van der Waals surface area (Å²) in [4.78, 5) is 0. The molecule has 1 N–H and O–H groups in total. The van der Waals surface area contributed by atoms with Gasteiger partial charge in [-0.1, -0.05) is 0 Å². The lowest BCUT2D eigenvalue weighted by atomic mass is 10.1. The minimum absolute atomic E-state index is 0.0922. The Morgan fingerprint density at radius 3 is 3.25 bits per heavy atom. The molecule has 0 aromatic heterocycles. The maximum absolute atomic E-state index is 12.9. The molecule has 1 aromatic carbocycles. The van der Waals surface area contributed by atoms with E-state index in [4.69, 9.17) is 11.2 Å². The number of ether oxygens (including phenoxy) is 1. The van der Waals surface area contributed by atoms with Crippen molar-refractivity contribution >= 4 is 0 Å². The Balaban J connectivity index is 1.84. The third kappa shape index (κ3) is 2.53. The lowest BCUT2D eigenvalue weighted by Crippen LogP contribution is -2.30. The predicted molar refractivity (Wildman–Crippen MR) is 60.8 cm³/mol. The first-order valence-corrected chi connectivity index (χ1v) is 5.39. The summed E-state index contributed by atoms with van der Waals surface area (Å²) in [5.74, 6) is 3.16. The average molecular weight is 219 g/mol. The van der Waals surface area contributed by atoms with Crippen molar-refractivity contribution < 1.29 is 9.13 Å². The average Bonchev–Trinajstić information content (AvgIpc) is 2.66. The largest absolute Gasteiger partial charge is 0.488 e. The van der Waals surface area contributed by atoms with Crippen molar-refractivity contribution in [3.05, 3.63) is 29.6 Å². The summed E-state index contributed by atoms with van der Waals surface area (Å²) in [5.41, 5.74) is 0.948. The molecule has 0 saturated heterocycles. The zero-order valence-electron chi connectivity index (χ0n) is 9.00. The first-order valence-electron chi connectivity index (χ1n) is 5.39. The third-order valence-electron chi connectivity index (χ3n) is 2.58. The van der Waals surface area contributed by atoms with Crippen LogP contribution in [0.2, 0.25) is 0 Å². The standard InChI is InChI=1S/C13H14FNO/c1-2-3-6-15-9-12-8-10-7-11(14)4-5-13(10)16-12/h1,4-5,7,12,15H,3,6,8-9H2. The van der Waals surface area contributed by atoms with Crippen LogP contribution >= 0.6 is 0 Å². The summed E-state index contributed by atoms with van der Waals surface area (Å²) in [5, 5.41) is 3.22. The molecule has 0 spiro atoms. The summed E-state index contributed by atoms with van der Waals surface area (Å²) < 4.78 is 18.6. The van der Waals surface area contributed by atoms with E-state index in [9.17, 15) is 4.39 Å². The molecule has 0 amide bonds. The highest BCUT2D eigenvalue weighted by Crippen LogP contribution is 2.28. The van der Waals surface area contributed by atoms with Crippen LogP contribution in [0.1, 0.15) is 12.0 Å². The number of fused-ring (bicyclic) bond motifs is 1. The molecule has 1 aliphatic heterocycles. The number of hydrogen-bond acceptors (Lipinski definition) is 2. The second kappa shape index (κ2) is 5.00. The minimum Gasteiger partial charge on any atom is -0.488 e. The summed E-state index contributed by atoms with van der Waals surface area (Å²) in [7, 11) is 0. The van der Waals surface area contributed by atoms with Gasteiger partial charge in [0.05, 0.1) is 0 Å². The van der Waals surface area contributed by atoms with Gasteiger partial charge >= 0.3 is 0 Å². The Morgan fingerprint density at radius 1 is 1.56 bits per heavy atom. The van der Waals surface area contributed by atoms with Crippen molar-refractivity contribution in [3.63, 3.8) is 0 Å². The van der Waals surface area contributed by atoms with Gasteiger partial charge in [0.1, 0.15) is 17.7 Å². The van der Waals surface area contributed by atoms with Crippen LogP contribution in [-0.4, -0.2) is 19.2 Å². The van der Waals surface area contributed by atoms with Gasteiger partial charge in [-0.25, -0.2) is 4.39 Å². The zero-order chi connectivity index (χ0) is 11.4. The van der Waals surface area contributed by atoms with E-state index in [0.717, 1.165) is 30.8 Å². The fraction of sp³-hybridized carbons (Fsp3) is 0.385. The van der Waals surface area contributed by atoms with Crippen molar-refractivity contribution in [1.29, 1.82) is 0 Å². The maximum Gasteiger partial charge on any atom is 0.123 e. The Morgan fingerprint density at radius 2 is 2.44 bits per heavy atom. The Labute approximate surface area is 94.8 Å². The van der Waals surface area contributed by atoms with Gasteiger partial charge in [0.15, 0.2) is 0 Å². The second-order valence-electron chi connectivity index (χ2n) is 3.85. The lowest BCUT2D eigenvalue weighted by molar-refractivity contribution is 0.228. The second-order valence-corrected chi connectivity index (χ2v) is 3.85. The van der Waals surface area contributed by atoms with Gasteiger partial charge in [-0.2, -0.15) is 0 Å². The molecule has 2 nitrogen and oxygen atoms in total. The van der Waals surface area contributed by atoms with Crippen LogP contribution in [0.5, 0.6) is 5.75 Å². The highest BCUT2D eigenvalue weighted by Gasteiger charge is 2.22. The summed E-state index contributed by atoms with van der Waals surface area (Å²) in [6, 6.07) is 4.65. The fourth-order valence-electron chi connectivity index (χ4n) is 1.83. The molecule has 0 radical (unpaired) electrons. The van der Waals surface area contributed by atoms with Crippen LogP contribution < -0.4 is 10.1 Å². The molecule has 3 heteroatoms. The molecule has 2 rings (SSSR count). The van der Waals surface area contributed by atoms with Crippen molar-refractivity contribution in [2.45, 2.75) is 18.9 Å². The Kier molecular flexibility index (Phi) is 3.43. The normalized spacial score (nSPS) is 17.6. The highest BCUT2D eigenvalue weighted by atomic mass is 19.1. The molecular weight excluding hydrogens is 205 g/mol. The van der Waals surface area contributed by atoms with Crippen molar-refractivity contribution in [3.8, 4) is 18.1 Å². The third-order valence-corrected chi connectivity index (χ3v) is 2.58. The summed E-state index contributed by atoms with van der Waals surface area (Å²) >= 11 is 0. The van der Waals surface area contributed by atoms with Gasteiger partial charge in [-0.15, -0.1) is 12.3 Å². The van der Waals surface area contributed by atoms with E-state index in [1.54, 1.807) is 6.07 Å². The molecule has 1 heterocycles. The van der Waals surface area contributed by atoms with Gasteiger partial charge in [0.2, 0.25) is 0 Å². The van der Waals surface area contributed by atoms with E-state index in [0.29, 0.717) is 6.42 Å². The summed E-state index contributed by atoms with van der Waals surface area (Å²) in [6.45, 7) is 1.54. The van der Waals surface area contributed by atoms with Crippen molar-refractivity contribution in [2.24, 2.45) is 0 Å². The monoisotopic (exact) mass is 219 g/mol. The number of benzene rings is 1. The smallest absolute Gasteiger partial charge is 0.123 e. The van der Waals surface area contributed by atoms with Crippen LogP contribution in [0, 0.1) is 18.2 Å². The molecule has 84 valence electrons. The van der Waals surface area contributed by atoms with Crippen molar-refractivity contribution in [2.75, 3.05) is 13.1 Å². The van der Waals surface area contributed by atoms with E-state index in [1.807, 2.05) is 0 Å². The van der Waals surface area contributed by atoms with Crippen LogP contribution in [0.3, 0.4) is 0 Å². The van der Waals surface area contributed by atoms with E-state index in [1.165, 1.54) is 12.1 Å². The molecule has 0 bridgehead atoms. The predicted octanol–water partition coefficient (Wildman–Crippen LogP) is 1.74. The van der Waals surface area contributed by atoms with Crippen LogP contribution in [0.25, 0.3) is 0 Å². The van der Waals surface area contributed by atoms with Crippen LogP contribution in [0.4, 0.5) is 4.39 Å². The molecule has 1 unspecified atom stereocenters. The molecule has 1 aromatic rings. The van der Waals surface area contributed by atoms with E-state index < -0.39 is 0 Å². The van der Waals surface area contributed by atoms with Gasteiger partial charge in [0.25, 0.3) is 0 Å². The van der Waals surface area contributed by atoms with Gasteiger partial charge < -0.3 is 10.1 Å². The molecular formula is C13H14FNO. The molecule has 16 heavy (non-hydrogen) atoms. The lowest BCUT2D eigenvalue weighted by Gasteiger charge is -2.10. The quantitative estimate of drug-likeness (QED) is 0.615. The van der Waals surface area contributed by atoms with Crippen LogP contribution in [-0.2, 0) is 6.42 Å². The van der Waals surface area contributed by atoms with Gasteiger partial charge in [-0.05, 0) is 18.2 Å². The maximum atomic E-state index is 12.9. The first-order chi connectivity index (χ1) is 7.79. The molecule has 0 aliphatic carbocycles. The van der Waals surface area contributed by atoms with Crippen molar-refractivity contribution in [1.82, 2.24) is 5.32 Å². The van der Waals surface area contributed by atoms with E-state index in [2.05, 4.69) is 11.2 Å². The van der Waals surface area contributed by atoms with E-state index >= 15 is 0 Å². The number of nitrogens with one attached hydrogen (secondary N) is 1. The molecule has 0 saturated carbocycles. The summed E-state index contributed by atoms with van der Waals surface area (Å²) in [6.07, 6.45) is 6.71. The Hall–Kier alpha value is -1.53. The van der Waals surface area contributed by atoms with Gasteiger partial charge in [-0.3, -0.25) is 0 Å². The minimum atomic E-state index is -0.205. The number of rotatable bonds is 4.